The van der Waals surface area contributed by atoms with E-state index >= 15 is 0 Å². The number of fused-ring (bicyclic) bond motifs is 4. The van der Waals surface area contributed by atoms with Crippen molar-refractivity contribution in [1.29, 1.82) is 0 Å². The Balaban J connectivity index is 0.000000181. The highest BCUT2D eigenvalue weighted by Crippen LogP contribution is 2.42. The van der Waals surface area contributed by atoms with Crippen LogP contribution in [0.1, 0.15) is 68.6 Å². The molecule has 4 aromatic rings. The van der Waals surface area contributed by atoms with Gasteiger partial charge in [-0.05, 0) is 89.8 Å². The molecule has 0 N–H and O–H groups in total. The highest BCUT2D eigenvalue weighted by Gasteiger charge is 2.42. The smallest absolute Gasteiger partial charge is 0.174 e. The summed E-state index contributed by atoms with van der Waals surface area (Å²) in [5.41, 5.74) is 8.00. The number of hydrogen-bond donors (Lipinski definition) is 0. The molecule has 0 atom stereocenters. The molecule has 0 saturated heterocycles. The molecule has 0 aromatic heterocycles. The molecule has 0 fully saturated rings. The average Bonchev–Trinajstić information content (AvgIpc) is 3.24. The molecule has 232 valence electrons. The van der Waals surface area contributed by atoms with Gasteiger partial charge >= 0.3 is 0 Å². The minimum atomic E-state index is -0.751. The Hall–Kier alpha value is -5.09. The molecule has 2 nitrogen and oxygen atoms in total. The lowest BCUT2D eigenvalue weighted by atomic mass is 9.69. The summed E-state index contributed by atoms with van der Waals surface area (Å²) < 4.78 is 33.6. The van der Waals surface area contributed by atoms with Crippen LogP contribution in [-0.4, -0.2) is 12.4 Å². The number of halogens is 2. The predicted octanol–water partition coefficient (Wildman–Crippen LogP) is 10.4. The Morgan fingerprint density at radius 2 is 1.22 bits per heavy atom. The molecule has 2 aliphatic carbocycles. The fourth-order valence-corrected chi connectivity index (χ4v) is 6.65. The molecule has 6 rings (SSSR count). The maximum atomic E-state index is 13.8. The van der Waals surface area contributed by atoms with Crippen molar-refractivity contribution in [3.8, 4) is 0 Å². The van der Waals surface area contributed by atoms with Crippen LogP contribution < -0.4 is 0 Å². The van der Waals surface area contributed by atoms with Gasteiger partial charge in [0.1, 0.15) is 24.0 Å². The van der Waals surface area contributed by atoms with Crippen molar-refractivity contribution >= 4 is 17.1 Å². The lowest BCUT2D eigenvalue weighted by molar-refractivity contribution is 0.0885. The standard InChI is InChI=1S/2C21H19FO/c1-3-11-21(12-4-2)19-8-6-5-7-16(19)13-15-9-10-17(22)14-18(15)20(21)23;1-3-7-19-18-9-6-5-8-15(18)13-16-10-11-17(22)14-20(16)21(19)23-12-4-2/h3-10,14H,1-2,11-13H2;3-6,8-11,14H,1-2,7,12-13H2. The monoisotopic (exact) mass is 612 g/mol. The van der Waals surface area contributed by atoms with Crippen LogP contribution in [0.5, 0.6) is 0 Å². The zero-order valence-corrected chi connectivity index (χ0v) is 26.0. The van der Waals surface area contributed by atoms with Crippen LogP contribution >= 0.6 is 0 Å². The molecule has 4 heteroatoms. The summed E-state index contributed by atoms with van der Waals surface area (Å²) in [6.07, 6.45) is 10.2. The number of rotatable bonds is 9. The third-order valence-electron chi connectivity index (χ3n) is 8.66. The van der Waals surface area contributed by atoms with Gasteiger partial charge in [0, 0.05) is 16.7 Å². The van der Waals surface area contributed by atoms with Gasteiger partial charge in [-0.3, -0.25) is 4.79 Å². The number of ketones is 1. The third-order valence-corrected chi connectivity index (χ3v) is 8.66. The molecule has 0 aliphatic heterocycles. The van der Waals surface area contributed by atoms with Crippen LogP contribution in [-0.2, 0) is 23.0 Å². The minimum absolute atomic E-state index is 0.0447. The van der Waals surface area contributed by atoms with Crippen LogP contribution in [0, 0.1) is 11.6 Å². The van der Waals surface area contributed by atoms with Gasteiger partial charge in [0.25, 0.3) is 0 Å². The molecule has 4 aromatic carbocycles. The first-order valence-corrected chi connectivity index (χ1v) is 15.4. The molecule has 0 heterocycles. The molecule has 0 unspecified atom stereocenters. The van der Waals surface area contributed by atoms with Crippen molar-refractivity contribution in [2.45, 2.75) is 37.5 Å². The van der Waals surface area contributed by atoms with Crippen LogP contribution in [0.15, 0.2) is 136 Å². The SMILES string of the molecule is C=CCC1(CC=C)C(=O)c2cc(F)ccc2Cc2ccccc21.C=CCOC1=C(CC=C)c2ccccc2Cc2ccc(F)cc21. The number of ether oxygens (including phenoxy) is 1. The van der Waals surface area contributed by atoms with E-state index in [0.717, 1.165) is 51.1 Å². The summed E-state index contributed by atoms with van der Waals surface area (Å²) in [4.78, 5) is 13.4. The van der Waals surface area contributed by atoms with E-state index in [1.54, 1.807) is 30.4 Å². The maximum absolute atomic E-state index is 13.8. The van der Waals surface area contributed by atoms with Crippen LogP contribution in [0.2, 0.25) is 0 Å². The van der Waals surface area contributed by atoms with Gasteiger partial charge in [0.15, 0.2) is 5.78 Å². The second-order valence-corrected chi connectivity index (χ2v) is 11.6. The van der Waals surface area contributed by atoms with E-state index in [9.17, 15) is 13.6 Å². The van der Waals surface area contributed by atoms with Crippen molar-refractivity contribution in [3.63, 3.8) is 0 Å². The first-order valence-electron chi connectivity index (χ1n) is 15.4. The quantitative estimate of drug-likeness (QED) is 0.176. The molecule has 0 radical (unpaired) electrons. The van der Waals surface area contributed by atoms with Gasteiger partial charge in [-0.1, -0.05) is 91.5 Å². The highest BCUT2D eigenvalue weighted by molar-refractivity contribution is 6.06. The molecule has 0 amide bonds. The summed E-state index contributed by atoms with van der Waals surface area (Å²) >= 11 is 0. The van der Waals surface area contributed by atoms with E-state index in [1.807, 2.05) is 48.5 Å². The number of allylic oxidation sites excluding steroid dienone is 4. The first kappa shape index (κ1) is 32.3. The van der Waals surface area contributed by atoms with Crippen LogP contribution in [0.3, 0.4) is 0 Å². The second-order valence-electron chi connectivity index (χ2n) is 11.6. The summed E-state index contributed by atoms with van der Waals surface area (Å²) in [5.74, 6) is 0.0440. The van der Waals surface area contributed by atoms with Gasteiger partial charge in [0.2, 0.25) is 0 Å². The summed E-state index contributed by atoms with van der Waals surface area (Å²) in [7, 11) is 0. The number of benzene rings is 4. The van der Waals surface area contributed by atoms with Gasteiger partial charge in [-0.2, -0.15) is 0 Å². The van der Waals surface area contributed by atoms with Gasteiger partial charge in [0.05, 0.1) is 5.41 Å². The molecule has 0 spiro atoms. The summed E-state index contributed by atoms with van der Waals surface area (Å²) in [6.45, 7) is 15.6. The van der Waals surface area contributed by atoms with Gasteiger partial charge in [-0.15, -0.1) is 19.7 Å². The largest absolute Gasteiger partial charge is 0.489 e. The fourth-order valence-electron chi connectivity index (χ4n) is 6.65. The number of Topliss-reactive ketones (excluding diaryl/α,β-unsaturated/α-hetero) is 1. The zero-order valence-electron chi connectivity index (χ0n) is 26.0. The first-order chi connectivity index (χ1) is 22.4. The Labute approximate surface area is 270 Å². The van der Waals surface area contributed by atoms with Crippen molar-refractivity contribution < 1.29 is 18.3 Å². The van der Waals surface area contributed by atoms with E-state index in [0.29, 0.717) is 37.9 Å². The Morgan fingerprint density at radius 3 is 1.87 bits per heavy atom. The van der Waals surface area contributed by atoms with Crippen molar-refractivity contribution in [3.05, 3.63) is 192 Å². The lowest BCUT2D eigenvalue weighted by Crippen LogP contribution is -2.35. The van der Waals surface area contributed by atoms with E-state index in [4.69, 9.17) is 4.74 Å². The molecule has 0 bridgehead atoms. The normalized spacial score (nSPS) is 14.1. The lowest BCUT2D eigenvalue weighted by Gasteiger charge is -2.31. The number of carbonyl (C=O) groups is 1. The molecule has 46 heavy (non-hydrogen) atoms. The van der Waals surface area contributed by atoms with E-state index in [1.165, 1.54) is 23.8 Å². The van der Waals surface area contributed by atoms with Gasteiger partial charge in [-0.25, -0.2) is 8.78 Å². The zero-order chi connectivity index (χ0) is 32.7. The Bertz CT molecular complexity index is 1830. The van der Waals surface area contributed by atoms with E-state index in [2.05, 4.69) is 38.4 Å². The average molecular weight is 613 g/mol. The topological polar surface area (TPSA) is 26.3 Å². The van der Waals surface area contributed by atoms with Crippen molar-refractivity contribution in [2.75, 3.05) is 6.61 Å². The number of carbonyl (C=O) groups excluding carboxylic acids is 1. The van der Waals surface area contributed by atoms with Crippen molar-refractivity contribution in [1.82, 2.24) is 0 Å². The van der Waals surface area contributed by atoms with E-state index in [-0.39, 0.29) is 17.4 Å². The minimum Gasteiger partial charge on any atom is -0.489 e. The fraction of sp³-hybridized carbons (Fsp3) is 0.167. The Kier molecular flexibility index (Phi) is 10.1. The maximum Gasteiger partial charge on any atom is 0.174 e. The Morgan fingerprint density at radius 1 is 0.652 bits per heavy atom. The van der Waals surface area contributed by atoms with E-state index < -0.39 is 5.41 Å². The van der Waals surface area contributed by atoms with Crippen LogP contribution in [0.4, 0.5) is 8.78 Å². The molecule has 2 aliphatic rings. The molecular weight excluding hydrogens is 574 g/mol. The van der Waals surface area contributed by atoms with Crippen molar-refractivity contribution in [2.24, 2.45) is 0 Å². The summed E-state index contributed by atoms with van der Waals surface area (Å²) in [5, 5.41) is 0. The third kappa shape index (κ3) is 6.34. The predicted molar refractivity (Wildman–Crippen MR) is 185 cm³/mol. The van der Waals surface area contributed by atoms with Gasteiger partial charge < -0.3 is 4.74 Å². The van der Waals surface area contributed by atoms with Crippen LogP contribution in [0.25, 0.3) is 11.3 Å². The highest BCUT2D eigenvalue weighted by atomic mass is 19.1. The number of hydrogen-bond acceptors (Lipinski definition) is 2. The summed E-state index contributed by atoms with van der Waals surface area (Å²) in [6, 6.07) is 25.6. The molecule has 0 saturated carbocycles. The second kappa shape index (κ2) is 14.3. The molecular formula is C42H38F2O2.